The molecule has 0 aromatic heterocycles. The summed E-state index contributed by atoms with van der Waals surface area (Å²) in [6, 6.07) is 0. The van der Waals surface area contributed by atoms with E-state index in [-0.39, 0.29) is 0 Å². The van der Waals surface area contributed by atoms with Crippen molar-refractivity contribution in [2.45, 2.75) is 6.92 Å². The highest BCUT2D eigenvalue weighted by molar-refractivity contribution is 5.84. The largest absolute Gasteiger partial charge is 0.478 e. The van der Waals surface area contributed by atoms with Crippen LogP contribution in [0.5, 0.6) is 0 Å². The zero-order chi connectivity index (χ0) is 90.7. The van der Waals surface area contributed by atoms with E-state index < -0.39 is 125 Å². The Morgan fingerprint density at radius 3 is 0.217 bits per heavy atom. The summed E-state index contributed by atoms with van der Waals surface area (Å²) in [6.45, 7) is 61.3. The fourth-order valence-corrected chi connectivity index (χ4v) is 0.142. The van der Waals surface area contributed by atoms with E-state index in [0.29, 0.717) is 6.61 Å². The lowest BCUT2D eigenvalue weighted by Crippen LogP contribution is -2.11. The van der Waals surface area contributed by atoms with Gasteiger partial charge >= 0.3 is 125 Å². The number of carboxylic acid groups (broad SMARTS) is 20. The highest BCUT2D eigenvalue weighted by Gasteiger charge is 1.83. The predicted molar refractivity (Wildman–Crippen MR) is 378 cm³/mol. The summed E-state index contributed by atoms with van der Waals surface area (Å²) >= 11 is 0. The molecule has 43 nitrogen and oxygen atoms in total. The van der Waals surface area contributed by atoms with Crippen LogP contribution in [0.4, 0.5) is 4.79 Å². The van der Waals surface area contributed by atoms with Crippen molar-refractivity contribution >= 4 is 125 Å². The summed E-state index contributed by atoms with van der Waals surface area (Å²) in [6.07, 6.45) is 16.0. The number of rotatable bonds is 21. The molecule has 106 heavy (non-hydrogen) atoms. The summed E-state index contributed by atoms with van der Waals surface area (Å²) in [7, 11) is 0. The van der Waals surface area contributed by atoms with Gasteiger partial charge in [0.25, 0.3) is 0 Å². The third-order valence-corrected chi connectivity index (χ3v) is 3.78. The predicted octanol–water partition coefficient (Wildman–Crippen LogP) is 5.24. The number of ether oxygens (including phenoxy) is 1. The van der Waals surface area contributed by atoms with E-state index in [1.54, 1.807) is 6.92 Å². The lowest BCUT2D eigenvalue weighted by atomic mass is 10.7. The first kappa shape index (κ1) is 149. The number of hydrogen-bond acceptors (Lipinski definition) is 22. The minimum Gasteiger partial charge on any atom is -0.478 e. The smallest absolute Gasteiger partial charge is 0.404 e. The number of nitrogens with two attached hydrogens (primary N) is 1. The van der Waals surface area contributed by atoms with Crippen LogP contribution in [0.15, 0.2) is 253 Å². The normalized spacial score (nSPS) is 6.46. The second-order valence-electron chi connectivity index (χ2n) is 11.6. The van der Waals surface area contributed by atoms with E-state index in [4.69, 9.17) is 102 Å². The van der Waals surface area contributed by atoms with E-state index in [2.05, 4.69) is 142 Å². The van der Waals surface area contributed by atoms with Gasteiger partial charge in [-0.15, -0.1) is 0 Å². The quantitative estimate of drug-likeness (QED) is 0.0653. The summed E-state index contributed by atoms with van der Waals surface area (Å²) in [5, 5.41) is 152. The van der Waals surface area contributed by atoms with Crippen LogP contribution in [0.1, 0.15) is 6.92 Å². The van der Waals surface area contributed by atoms with Gasteiger partial charge in [-0.3, -0.25) is 0 Å². The number of hydrogen-bond donors (Lipinski definition) is 21. The van der Waals surface area contributed by atoms with Crippen molar-refractivity contribution in [1.82, 2.24) is 0 Å². The van der Waals surface area contributed by atoms with E-state index in [1.807, 2.05) is 0 Å². The molecule has 0 spiro atoms. The zero-order valence-corrected chi connectivity index (χ0v) is 56.4. The van der Waals surface area contributed by atoms with Gasteiger partial charge in [0.1, 0.15) is 0 Å². The monoisotopic (exact) mass is 1530 g/mol. The summed E-state index contributed by atoms with van der Waals surface area (Å²) < 4.78 is 4.18. The van der Waals surface area contributed by atoms with Crippen LogP contribution in [0.2, 0.25) is 0 Å². The Morgan fingerprint density at radius 2 is 0.217 bits per heavy atom. The van der Waals surface area contributed by atoms with Gasteiger partial charge in [0, 0.05) is 122 Å². The van der Waals surface area contributed by atoms with Gasteiger partial charge in [-0.05, 0) is 6.92 Å². The molecule has 43 heteroatoms. The third-order valence-electron chi connectivity index (χ3n) is 3.78. The molecule has 22 N–H and O–H groups in total. The number of amides is 1. The molecule has 0 aromatic rings. The maximum Gasteiger partial charge on any atom is 0.404 e. The average molecular weight is 1530 g/mol. The molecular weight excluding hydrogens is 1440 g/mol. The van der Waals surface area contributed by atoms with Gasteiger partial charge in [0.2, 0.25) is 0 Å². The molecule has 0 bridgehead atoms. The van der Waals surface area contributed by atoms with E-state index in [9.17, 15) is 101 Å². The zero-order valence-electron chi connectivity index (χ0n) is 56.4. The Morgan fingerprint density at radius 1 is 0.179 bits per heavy atom. The van der Waals surface area contributed by atoms with Crippen molar-refractivity contribution < 1.29 is 208 Å². The molecular formula is C63H87NO42. The molecule has 0 saturated heterocycles. The van der Waals surface area contributed by atoms with Gasteiger partial charge in [-0.25, -0.2) is 101 Å². The molecule has 1 amide bonds. The van der Waals surface area contributed by atoms with Crippen LogP contribution in [0.25, 0.3) is 0 Å². The van der Waals surface area contributed by atoms with Crippen molar-refractivity contribution in [2.75, 3.05) is 6.61 Å². The summed E-state index contributed by atoms with van der Waals surface area (Å²) in [4.78, 5) is 195. The molecule has 0 heterocycles. The Bertz CT molecular complexity index is 2050. The number of carbonyl (C=O) groups is 21. The standard InChI is InChI=1S/C3H7NO2.20C3H4O2/c1-2-6-3(4)5;20*1-2-3(4)5/h2H2,1H3,(H2,4,5);20*2H,1H2,(H,4,5). The van der Waals surface area contributed by atoms with Crippen LogP contribution in [0, 0.1) is 0 Å². The molecule has 0 unspecified atom stereocenters. The van der Waals surface area contributed by atoms with E-state index in [1.165, 1.54) is 0 Å². The second kappa shape index (κ2) is 144. The second-order valence-corrected chi connectivity index (χ2v) is 11.6. The van der Waals surface area contributed by atoms with Crippen LogP contribution in [-0.2, 0) is 101 Å². The Kier molecular flexibility index (Phi) is 203. The van der Waals surface area contributed by atoms with Crippen molar-refractivity contribution in [1.29, 1.82) is 0 Å². The fraction of sp³-hybridized carbons (Fsp3) is 0.0317. The third kappa shape index (κ3) is 933. The lowest BCUT2D eigenvalue weighted by Gasteiger charge is -1.89. The average Bonchev–Trinajstić information content (AvgIpc) is 3.60. The van der Waals surface area contributed by atoms with Crippen LogP contribution < -0.4 is 5.73 Å². The molecule has 0 aromatic carbocycles. The van der Waals surface area contributed by atoms with Crippen molar-refractivity contribution in [3.8, 4) is 0 Å². The van der Waals surface area contributed by atoms with Gasteiger partial charge in [0.05, 0.1) is 6.61 Å². The maximum absolute atomic E-state index is 9.60. The number of primary amides is 1. The van der Waals surface area contributed by atoms with Gasteiger partial charge in [-0.2, -0.15) is 0 Å². The first-order valence-electron chi connectivity index (χ1n) is 24.2. The van der Waals surface area contributed by atoms with Crippen LogP contribution in [-0.4, -0.2) is 234 Å². The van der Waals surface area contributed by atoms with Gasteiger partial charge in [0.15, 0.2) is 0 Å². The Hall–Kier alpha value is -16.5. The number of aliphatic carboxylic acids is 20. The first-order chi connectivity index (χ1) is 48.2. The molecule has 0 aliphatic heterocycles. The summed E-state index contributed by atoms with van der Waals surface area (Å²) in [5.74, 6) is -19.6. The van der Waals surface area contributed by atoms with Crippen molar-refractivity contribution in [3.05, 3.63) is 253 Å². The van der Waals surface area contributed by atoms with Crippen molar-refractivity contribution in [3.63, 3.8) is 0 Å². The molecule has 0 aliphatic carbocycles. The Labute approximate surface area is 603 Å². The minimum atomic E-state index is -0.981. The lowest BCUT2D eigenvalue weighted by molar-refractivity contribution is -0.132. The fourth-order valence-electron chi connectivity index (χ4n) is 0.142. The molecule has 0 fully saturated rings. The molecule has 0 atom stereocenters. The van der Waals surface area contributed by atoms with Crippen molar-refractivity contribution in [2.24, 2.45) is 5.73 Å². The number of carbonyl (C=O) groups excluding carboxylic acids is 1. The van der Waals surface area contributed by atoms with E-state index >= 15 is 0 Å². The summed E-state index contributed by atoms with van der Waals surface area (Å²) in [5.41, 5.74) is 4.54. The maximum atomic E-state index is 9.60. The van der Waals surface area contributed by atoms with E-state index in [0.717, 1.165) is 122 Å². The topological polar surface area (TPSA) is 798 Å². The molecule has 596 valence electrons. The molecule has 0 radical (unpaired) electrons. The first-order valence-corrected chi connectivity index (χ1v) is 24.2. The molecule has 0 rings (SSSR count). The van der Waals surface area contributed by atoms with Gasteiger partial charge in [-0.1, -0.05) is 132 Å². The SMILES string of the molecule is C=CC(=O)O.C=CC(=O)O.C=CC(=O)O.C=CC(=O)O.C=CC(=O)O.C=CC(=O)O.C=CC(=O)O.C=CC(=O)O.C=CC(=O)O.C=CC(=O)O.C=CC(=O)O.C=CC(=O)O.C=CC(=O)O.C=CC(=O)O.C=CC(=O)O.C=CC(=O)O.C=CC(=O)O.C=CC(=O)O.C=CC(=O)O.C=CC(=O)O.CCOC(N)=O. The highest BCUT2D eigenvalue weighted by Crippen LogP contribution is 1.67. The highest BCUT2D eigenvalue weighted by atomic mass is 16.5. The van der Waals surface area contributed by atoms with Crippen LogP contribution >= 0.6 is 0 Å². The number of carboxylic acids is 20. The molecule has 0 aliphatic rings. The van der Waals surface area contributed by atoms with Crippen LogP contribution in [0.3, 0.4) is 0 Å². The molecule has 0 saturated carbocycles. The minimum absolute atomic E-state index is 0.356. The Balaban J connectivity index is -0.0000000377. The van der Waals surface area contributed by atoms with Gasteiger partial charge < -0.3 is 113 Å².